The van der Waals surface area contributed by atoms with Gasteiger partial charge in [0.25, 0.3) is 0 Å². The van der Waals surface area contributed by atoms with E-state index in [9.17, 15) is 9.59 Å². The molecular weight excluding hydrogens is 276 g/mol. The van der Waals surface area contributed by atoms with Crippen LogP contribution in [0.15, 0.2) is 35.1 Å². The number of pyridine rings is 1. The smallest absolute Gasteiger partial charge is 0.194 e. The molecule has 0 atom stereocenters. The van der Waals surface area contributed by atoms with E-state index in [1.54, 1.807) is 0 Å². The number of aromatic nitrogens is 1. The highest BCUT2D eigenvalue weighted by Gasteiger charge is 2.35. The van der Waals surface area contributed by atoms with Crippen LogP contribution in [0.5, 0.6) is 0 Å². The Morgan fingerprint density at radius 2 is 1.73 bits per heavy atom. The number of Topliss-reactive ketones (excluding diaryl/α,β-unsaturated/α-hetero) is 1. The molecule has 0 radical (unpaired) electrons. The molecule has 1 aliphatic rings. The van der Waals surface area contributed by atoms with Crippen molar-refractivity contribution in [3.8, 4) is 5.69 Å². The highest BCUT2D eigenvalue weighted by Crippen LogP contribution is 2.35. The molecule has 2 N–H and O–H groups in total. The van der Waals surface area contributed by atoms with Gasteiger partial charge in [-0.05, 0) is 30.9 Å². The minimum absolute atomic E-state index is 0.0860. The van der Waals surface area contributed by atoms with Crippen molar-refractivity contribution in [3.05, 3.63) is 57.4 Å². The Balaban J connectivity index is 2.32. The van der Waals surface area contributed by atoms with Crippen LogP contribution in [0.1, 0.15) is 41.9 Å². The van der Waals surface area contributed by atoms with Crippen molar-refractivity contribution in [2.24, 2.45) is 5.41 Å². The number of carbonyl (C=O) groups is 1. The van der Waals surface area contributed by atoms with Gasteiger partial charge in [-0.25, -0.2) is 0 Å². The number of ketones is 1. The van der Waals surface area contributed by atoms with E-state index in [4.69, 9.17) is 5.73 Å². The lowest BCUT2D eigenvalue weighted by atomic mass is 9.75. The molecule has 4 heteroatoms. The molecule has 0 bridgehead atoms. The Kier molecular flexibility index (Phi) is 3.20. The van der Waals surface area contributed by atoms with Crippen LogP contribution < -0.4 is 11.2 Å². The molecular formula is C18H20N2O2. The zero-order chi connectivity index (χ0) is 16.1. The number of aryl methyl sites for hydroxylation is 1. The average Bonchev–Trinajstić information content (AvgIpc) is 2.38. The third-order valence-electron chi connectivity index (χ3n) is 4.20. The second kappa shape index (κ2) is 4.83. The van der Waals surface area contributed by atoms with Crippen molar-refractivity contribution in [1.82, 2.24) is 4.57 Å². The largest absolute Gasteiger partial charge is 0.385 e. The Labute approximate surface area is 129 Å². The van der Waals surface area contributed by atoms with Crippen LogP contribution in [-0.2, 0) is 6.42 Å². The molecule has 0 amide bonds. The zero-order valence-corrected chi connectivity index (χ0v) is 13.1. The van der Waals surface area contributed by atoms with Gasteiger partial charge in [-0.1, -0.05) is 31.5 Å². The Bertz CT molecular complexity index is 814. The zero-order valence-electron chi connectivity index (χ0n) is 13.1. The molecule has 2 aromatic rings. The number of hydrogen-bond acceptors (Lipinski definition) is 3. The maximum Gasteiger partial charge on any atom is 0.194 e. The van der Waals surface area contributed by atoms with Crippen LogP contribution in [0, 0.1) is 12.3 Å². The van der Waals surface area contributed by atoms with E-state index in [0.717, 1.165) is 16.9 Å². The molecule has 0 fully saturated rings. The number of benzene rings is 1. The van der Waals surface area contributed by atoms with Crippen LogP contribution >= 0.6 is 0 Å². The van der Waals surface area contributed by atoms with E-state index in [1.807, 2.05) is 49.6 Å². The average molecular weight is 296 g/mol. The maximum atomic E-state index is 12.4. The third-order valence-corrected chi connectivity index (χ3v) is 4.20. The van der Waals surface area contributed by atoms with Crippen molar-refractivity contribution < 1.29 is 4.79 Å². The standard InChI is InChI=1S/C18H20N2O2/c1-11-4-6-12(7-5-11)20-13-9-18(2,3)10-15(22)17(13)14(21)8-16(20)19/h4-8H,9-10,19H2,1-3H3. The fraction of sp³-hybridized carbons (Fsp3) is 0.333. The van der Waals surface area contributed by atoms with E-state index in [1.165, 1.54) is 6.07 Å². The normalized spacial score (nSPS) is 16.4. The summed E-state index contributed by atoms with van der Waals surface area (Å²) in [5.74, 6) is 0.287. The maximum absolute atomic E-state index is 12.4. The van der Waals surface area contributed by atoms with Crippen molar-refractivity contribution >= 4 is 11.6 Å². The lowest BCUT2D eigenvalue weighted by Crippen LogP contribution is -2.35. The molecule has 0 saturated carbocycles. The van der Waals surface area contributed by atoms with Crippen molar-refractivity contribution in [1.29, 1.82) is 0 Å². The van der Waals surface area contributed by atoms with E-state index in [0.29, 0.717) is 24.2 Å². The van der Waals surface area contributed by atoms with Gasteiger partial charge in [-0.2, -0.15) is 0 Å². The van der Waals surface area contributed by atoms with E-state index >= 15 is 0 Å². The van der Waals surface area contributed by atoms with Crippen molar-refractivity contribution in [2.45, 2.75) is 33.6 Å². The van der Waals surface area contributed by atoms with Gasteiger partial charge >= 0.3 is 0 Å². The van der Waals surface area contributed by atoms with Gasteiger partial charge in [0.05, 0.1) is 5.56 Å². The van der Waals surface area contributed by atoms with E-state index < -0.39 is 0 Å². The molecule has 114 valence electrons. The van der Waals surface area contributed by atoms with Gasteiger partial charge < -0.3 is 5.73 Å². The number of fused-ring (bicyclic) bond motifs is 1. The lowest BCUT2D eigenvalue weighted by Gasteiger charge is -2.32. The second-order valence-electron chi connectivity index (χ2n) is 6.87. The molecule has 1 aromatic heterocycles. The first-order chi connectivity index (χ1) is 10.3. The van der Waals surface area contributed by atoms with Gasteiger partial charge in [0.1, 0.15) is 5.82 Å². The highest BCUT2D eigenvalue weighted by molar-refractivity contribution is 5.99. The summed E-state index contributed by atoms with van der Waals surface area (Å²) in [5, 5.41) is 0. The first kappa shape index (κ1) is 14.6. The van der Waals surface area contributed by atoms with Gasteiger partial charge in [0.2, 0.25) is 0 Å². The predicted molar refractivity (Wildman–Crippen MR) is 87.6 cm³/mol. The fourth-order valence-electron chi connectivity index (χ4n) is 3.18. The minimum atomic E-state index is -0.267. The molecule has 1 heterocycles. The minimum Gasteiger partial charge on any atom is -0.385 e. The van der Waals surface area contributed by atoms with E-state index in [-0.39, 0.29) is 16.6 Å². The Morgan fingerprint density at radius 3 is 2.36 bits per heavy atom. The van der Waals surface area contributed by atoms with Crippen LogP contribution in [-0.4, -0.2) is 10.4 Å². The summed E-state index contributed by atoms with van der Waals surface area (Å²) < 4.78 is 1.84. The number of rotatable bonds is 1. The third kappa shape index (κ3) is 2.34. The van der Waals surface area contributed by atoms with Crippen LogP contribution in [0.2, 0.25) is 0 Å². The fourth-order valence-corrected chi connectivity index (χ4v) is 3.18. The quantitative estimate of drug-likeness (QED) is 0.880. The van der Waals surface area contributed by atoms with Gasteiger partial charge in [-0.15, -0.1) is 0 Å². The number of nitrogens with two attached hydrogens (primary N) is 1. The summed E-state index contributed by atoms with van der Waals surface area (Å²) in [6.07, 6.45) is 1.05. The second-order valence-corrected chi connectivity index (χ2v) is 6.87. The molecule has 4 nitrogen and oxygen atoms in total. The molecule has 0 unspecified atom stereocenters. The van der Waals surface area contributed by atoms with Crippen LogP contribution in [0.3, 0.4) is 0 Å². The van der Waals surface area contributed by atoms with Crippen molar-refractivity contribution in [3.63, 3.8) is 0 Å². The highest BCUT2D eigenvalue weighted by atomic mass is 16.1. The molecule has 0 aliphatic heterocycles. The van der Waals surface area contributed by atoms with Crippen molar-refractivity contribution in [2.75, 3.05) is 5.73 Å². The Morgan fingerprint density at radius 1 is 1.09 bits per heavy atom. The number of hydrogen-bond donors (Lipinski definition) is 1. The molecule has 1 aromatic carbocycles. The number of anilines is 1. The summed E-state index contributed by atoms with van der Waals surface area (Å²) in [4.78, 5) is 24.6. The van der Waals surface area contributed by atoms with Gasteiger partial charge in [-0.3, -0.25) is 14.2 Å². The van der Waals surface area contributed by atoms with Gasteiger partial charge in [0.15, 0.2) is 11.2 Å². The first-order valence-electron chi connectivity index (χ1n) is 7.43. The number of nitrogen functional groups attached to an aromatic ring is 1. The van der Waals surface area contributed by atoms with Crippen LogP contribution in [0.4, 0.5) is 5.82 Å². The number of nitrogens with zero attached hydrogens (tertiary/aromatic N) is 1. The first-order valence-corrected chi connectivity index (χ1v) is 7.43. The molecule has 0 saturated heterocycles. The SMILES string of the molecule is Cc1ccc(-n2c(N)cc(=O)c3c2CC(C)(C)CC3=O)cc1. The van der Waals surface area contributed by atoms with Gasteiger partial charge in [0, 0.05) is 23.9 Å². The summed E-state index contributed by atoms with van der Waals surface area (Å²) in [6, 6.07) is 9.27. The topological polar surface area (TPSA) is 65.1 Å². The molecule has 22 heavy (non-hydrogen) atoms. The van der Waals surface area contributed by atoms with Crippen LogP contribution in [0.25, 0.3) is 5.69 Å². The summed E-state index contributed by atoms with van der Waals surface area (Å²) >= 11 is 0. The monoisotopic (exact) mass is 296 g/mol. The lowest BCUT2D eigenvalue weighted by molar-refractivity contribution is 0.0908. The summed E-state index contributed by atoms with van der Waals surface area (Å²) in [5.41, 5.74) is 8.72. The summed E-state index contributed by atoms with van der Waals surface area (Å²) in [7, 11) is 0. The molecule has 0 spiro atoms. The Hall–Kier alpha value is -2.36. The predicted octanol–water partition coefficient (Wildman–Crippen LogP) is 2.88. The summed E-state index contributed by atoms with van der Waals surface area (Å²) in [6.45, 7) is 6.10. The van der Waals surface area contributed by atoms with E-state index in [2.05, 4.69) is 0 Å². The molecule has 3 rings (SSSR count). The molecule has 1 aliphatic carbocycles. The number of carbonyl (C=O) groups excluding carboxylic acids is 1.